The van der Waals surface area contributed by atoms with Crippen LogP contribution < -0.4 is 5.32 Å². The van der Waals surface area contributed by atoms with E-state index >= 15 is 0 Å². The second-order valence-electron chi connectivity index (χ2n) is 3.39. The van der Waals surface area contributed by atoms with Crippen molar-refractivity contribution in [2.75, 3.05) is 5.32 Å². The lowest BCUT2D eigenvalue weighted by molar-refractivity contribution is 0.530. The fourth-order valence-corrected chi connectivity index (χ4v) is 1.36. The smallest absolute Gasteiger partial charge is 0.315 e. The first-order chi connectivity index (χ1) is 7.15. The molecule has 0 saturated carbocycles. The van der Waals surface area contributed by atoms with Crippen LogP contribution in [0.15, 0.2) is 10.6 Å². The van der Waals surface area contributed by atoms with Crippen molar-refractivity contribution >= 4 is 6.01 Å². The fourth-order valence-electron chi connectivity index (χ4n) is 1.36. The molecule has 0 aliphatic rings. The standard InChI is InChI=1S/C9H13N5O/c1-6-8(5-14(3)13-6)4-10-9-12-11-7(2)15-9/h5H,4H2,1-3H3,(H,10,12). The summed E-state index contributed by atoms with van der Waals surface area (Å²) >= 11 is 0. The van der Waals surface area contributed by atoms with E-state index in [-0.39, 0.29) is 0 Å². The largest absolute Gasteiger partial charge is 0.408 e. The Balaban J connectivity index is 2.01. The summed E-state index contributed by atoms with van der Waals surface area (Å²) in [6, 6.07) is 0.441. The summed E-state index contributed by atoms with van der Waals surface area (Å²) in [5, 5.41) is 14.8. The van der Waals surface area contributed by atoms with Crippen LogP contribution in [0.1, 0.15) is 17.1 Å². The maximum Gasteiger partial charge on any atom is 0.315 e. The van der Waals surface area contributed by atoms with Gasteiger partial charge in [-0.3, -0.25) is 4.68 Å². The minimum Gasteiger partial charge on any atom is -0.408 e. The Morgan fingerprint density at radius 2 is 2.20 bits per heavy atom. The van der Waals surface area contributed by atoms with Crippen LogP contribution in [0.2, 0.25) is 0 Å². The van der Waals surface area contributed by atoms with Crippen molar-refractivity contribution < 1.29 is 4.42 Å². The van der Waals surface area contributed by atoms with Crippen molar-refractivity contribution in [3.8, 4) is 0 Å². The molecule has 1 N–H and O–H groups in total. The third-order valence-electron chi connectivity index (χ3n) is 2.07. The van der Waals surface area contributed by atoms with Crippen LogP contribution in [0.3, 0.4) is 0 Å². The molecule has 0 atom stereocenters. The van der Waals surface area contributed by atoms with E-state index in [0.717, 1.165) is 11.3 Å². The molecule has 6 nitrogen and oxygen atoms in total. The Labute approximate surface area is 87.3 Å². The summed E-state index contributed by atoms with van der Waals surface area (Å²) < 4.78 is 6.97. The van der Waals surface area contributed by atoms with Gasteiger partial charge >= 0.3 is 6.01 Å². The summed E-state index contributed by atoms with van der Waals surface area (Å²) in [5.41, 5.74) is 2.12. The van der Waals surface area contributed by atoms with E-state index in [1.54, 1.807) is 11.6 Å². The third-order valence-corrected chi connectivity index (χ3v) is 2.07. The van der Waals surface area contributed by atoms with E-state index in [1.165, 1.54) is 0 Å². The Hall–Kier alpha value is -1.85. The van der Waals surface area contributed by atoms with Gasteiger partial charge in [-0.25, -0.2) is 0 Å². The highest BCUT2D eigenvalue weighted by atomic mass is 16.4. The molecule has 80 valence electrons. The molecule has 2 aromatic heterocycles. The molecule has 2 aromatic rings. The first kappa shape index (κ1) is 9.70. The van der Waals surface area contributed by atoms with Gasteiger partial charge in [-0.2, -0.15) is 5.10 Å². The molecule has 0 fully saturated rings. The molecule has 15 heavy (non-hydrogen) atoms. The number of aromatic nitrogens is 4. The van der Waals surface area contributed by atoms with E-state index in [0.29, 0.717) is 18.5 Å². The normalized spacial score (nSPS) is 10.6. The molecule has 0 saturated heterocycles. The minimum absolute atomic E-state index is 0.441. The van der Waals surface area contributed by atoms with Gasteiger partial charge in [-0.05, 0) is 6.92 Å². The molecule has 0 aliphatic carbocycles. The van der Waals surface area contributed by atoms with Crippen LogP contribution in [0.4, 0.5) is 6.01 Å². The number of aryl methyl sites for hydroxylation is 3. The predicted octanol–water partition coefficient (Wildman–Crippen LogP) is 1.03. The van der Waals surface area contributed by atoms with Crippen molar-refractivity contribution in [3.63, 3.8) is 0 Å². The average molecular weight is 207 g/mol. The second-order valence-corrected chi connectivity index (χ2v) is 3.39. The van der Waals surface area contributed by atoms with Crippen molar-refractivity contribution in [3.05, 3.63) is 23.3 Å². The van der Waals surface area contributed by atoms with Crippen LogP contribution in [-0.4, -0.2) is 20.0 Å². The van der Waals surface area contributed by atoms with Crippen LogP contribution in [0.5, 0.6) is 0 Å². The van der Waals surface area contributed by atoms with E-state index in [9.17, 15) is 0 Å². The summed E-state index contributed by atoms with van der Waals surface area (Å²) in [6.45, 7) is 4.37. The summed E-state index contributed by atoms with van der Waals surface area (Å²) in [5.74, 6) is 0.556. The maximum atomic E-state index is 5.19. The second kappa shape index (κ2) is 3.72. The molecule has 0 aliphatic heterocycles. The van der Waals surface area contributed by atoms with Gasteiger partial charge in [0.2, 0.25) is 5.89 Å². The van der Waals surface area contributed by atoms with Crippen LogP contribution in [-0.2, 0) is 13.6 Å². The summed E-state index contributed by atoms with van der Waals surface area (Å²) in [6.07, 6.45) is 1.96. The molecule has 0 aromatic carbocycles. The van der Waals surface area contributed by atoms with Crippen molar-refractivity contribution in [2.45, 2.75) is 20.4 Å². The van der Waals surface area contributed by atoms with Gasteiger partial charge in [-0.15, -0.1) is 5.10 Å². The quantitative estimate of drug-likeness (QED) is 0.814. The van der Waals surface area contributed by atoms with Crippen molar-refractivity contribution in [2.24, 2.45) is 7.05 Å². The molecule has 0 bridgehead atoms. The lowest BCUT2D eigenvalue weighted by Crippen LogP contribution is -1.99. The third kappa shape index (κ3) is 2.15. The SMILES string of the molecule is Cc1nnc(NCc2cn(C)nc2C)o1. The number of hydrogen-bond donors (Lipinski definition) is 1. The highest BCUT2D eigenvalue weighted by Gasteiger charge is 2.05. The molecular formula is C9H13N5O. The van der Waals surface area contributed by atoms with Gasteiger partial charge < -0.3 is 9.73 Å². The average Bonchev–Trinajstić information content (AvgIpc) is 2.70. The lowest BCUT2D eigenvalue weighted by Gasteiger charge is -1.98. The molecule has 6 heteroatoms. The summed E-state index contributed by atoms with van der Waals surface area (Å²) in [7, 11) is 1.90. The van der Waals surface area contributed by atoms with Crippen LogP contribution in [0, 0.1) is 13.8 Å². The van der Waals surface area contributed by atoms with Crippen LogP contribution >= 0.6 is 0 Å². The zero-order valence-corrected chi connectivity index (χ0v) is 8.98. The van der Waals surface area contributed by atoms with Crippen molar-refractivity contribution in [1.29, 1.82) is 0 Å². The van der Waals surface area contributed by atoms with Gasteiger partial charge in [-0.1, -0.05) is 5.10 Å². The molecule has 0 unspecified atom stereocenters. The van der Waals surface area contributed by atoms with Gasteiger partial charge in [0.1, 0.15) is 0 Å². The molecule has 0 amide bonds. The number of nitrogens with zero attached hydrogens (tertiary/aromatic N) is 4. The minimum atomic E-state index is 0.441. The molecule has 0 radical (unpaired) electrons. The van der Waals surface area contributed by atoms with Crippen molar-refractivity contribution in [1.82, 2.24) is 20.0 Å². The van der Waals surface area contributed by atoms with E-state index in [4.69, 9.17) is 4.42 Å². The summed E-state index contributed by atoms with van der Waals surface area (Å²) in [4.78, 5) is 0. The molecular weight excluding hydrogens is 194 g/mol. The zero-order chi connectivity index (χ0) is 10.8. The molecule has 2 rings (SSSR count). The van der Waals surface area contributed by atoms with Gasteiger partial charge in [0.15, 0.2) is 0 Å². The number of rotatable bonds is 3. The van der Waals surface area contributed by atoms with Gasteiger partial charge in [0.05, 0.1) is 5.69 Å². The van der Waals surface area contributed by atoms with E-state index in [2.05, 4.69) is 20.6 Å². The zero-order valence-electron chi connectivity index (χ0n) is 8.98. The predicted molar refractivity (Wildman–Crippen MR) is 54.3 cm³/mol. The lowest BCUT2D eigenvalue weighted by atomic mass is 10.3. The highest BCUT2D eigenvalue weighted by Crippen LogP contribution is 2.09. The van der Waals surface area contributed by atoms with E-state index in [1.807, 2.05) is 20.2 Å². The van der Waals surface area contributed by atoms with E-state index < -0.39 is 0 Å². The first-order valence-electron chi connectivity index (χ1n) is 4.68. The Morgan fingerprint density at radius 1 is 1.40 bits per heavy atom. The number of nitrogens with one attached hydrogen (secondary N) is 1. The number of anilines is 1. The maximum absolute atomic E-state index is 5.19. The number of hydrogen-bond acceptors (Lipinski definition) is 5. The van der Waals surface area contributed by atoms with Gasteiger partial charge in [0, 0.05) is 32.3 Å². The van der Waals surface area contributed by atoms with Crippen LogP contribution in [0.25, 0.3) is 0 Å². The Kier molecular flexibility index (Phi) is 2.40. The Morgan fingerprint density at radius 3 is 2.73 bits per heavy atom. The monoisotopic (exact) mass is 207 g/mol. The first-order valence-corrected chi connectivity index (χ1v) is 4.68. The topological polar surface area (TPSA) is 68.8 Å². The fraction of sp³-hybridized carbons (Fsp3) is 0.444. The molecule has 2 heterocycles. The highest BCUT2D eigenvalue weighted by molar-refractivity contribution is 5.24. The Bertz CT molecular complexity index is 459. The van der Waals surface area contributed by atoms with Gasteiger partial charge in [0.25, 0.3) is 0 Å². The molecule has 0 spiro atoms.